The predicted octanol–water partition coefficient (Wildman–Crippen LogP) is 1.74. The third kappa shape index (κ3) is 3.16. The highest BCUT2D eigenvalue weighted by molar-refractivity contribution is 6.00. The zero-order valence-corrected chi connectivity index (χ0v) is 10.0. The highest BCUT2D eigenvalue weighted by Gasteiger charge is 2.31. The Kier molecular flexibility index (Phi) is 3.61. The lowest BCUT2D eigenvalue weighted by Crippen LogP contribution is -2.14. The molecule has 0 aliphatic heterocycles. The fraction of sp³-hybridized carbons (Fsp3) is 0.0909. The monoisotopic (exact) mass is 301 g/mol. The molecule has 1 heterocycles. The van der Waals surface area contributed by atoms with Crippen LogP contribution in [0.5, 0.6) is 5.75 Å². The van der Waals surface area contributed by atoms with Gasteiger partial charge in [-0.15, -0.1) is 10.2 Å². The molecular formula is C11H6F3N3O4. The van der Waals surface area contributed by atoms with Crippen LogP contribution in [0.3, 0.4) is 0 Å². The number of hydrogen-bond donors (Lipinski definition) is 2. The number of H-pyrrole nitrogens is 1. The Hall–Kier alpha value is -2.91. The average Bonchev–Trinajstić information content (AvgIpc) is 2.87. The normalized spacial score (nSPS) is 11.2. The predicted molar refractivity (Wildman–Crippen MR) is 59.7 cm³/mol. The first kappa shape index (κ1) is 14.5. The van der Waals surface area contributed by atoms with E-state index in [-0.39, 0.29) is 0 Å². The number of halogens is 3. The van der Waals surface area contributed by atoms with E-state index in [1.807, 2.05) is 5.21 Å². The smallest absolute Gasteiger partial charge is 0.416 e. The highest BCUT2D eigenvalue weighted by atomic mass is 19.4. The van der Waals surface area contributed by atoms with Gasteiger partial charge in [0.1, 0.15) is 5.75 Å². The van der Waals surface area contributed by atoms with E-state index < -0.39 is 40.8 Å². The molecule has 0 saturated carbocycles. The van der Waals surface area contributed by atoms with E-state index in [0.29, 0.717) is 6.07 Å². The summed E-state index contributed by atoms with van der Waals surface area (Å²) >= 11 is 0. The van der Waals surface area contributed by atoms with Crippen LogP contribution in [0.15, 0.2) is 24.3 Å². The number of carboxylic acid groups (broad SMARTS) is 1. The Morgan fingerprint density at radius 3 is 2.48 bits per heavy atom. The molecule has 0 bridgehead atoms. The molecule has 0 amide bonds. The quantitative estimate of drug-likeness (QED) is 0.661. The van der Waals surface area contributed by atoms with Gasteiger partial charge < -0.3 is 9.84 Å². The number of nitrogens with zero attached hydrogens (tertiary/aromatic N) is 2. The van der Waals surface area contributed by atoms with E-state index in [4.69, 9.17) is 5.11 Å². The van der Waals surface area contributed by atoms with Crippen molar-refractivity contribution in [3.63, 3.8) is 0 Å². The van der Waals surface area contributed by atoms with Crippen LogP contribution in [0.25, 0.3) is 0 Å². The number of alkyl halides is 3. The number of ether oxygens (including phenoxy) is 1. The molecule has 21 heavy (non-hydrogen) atoms. The lowest BCUT2D eigenvalue weighted by atomic mass is 10.2. The van der Waals surface area contributed by atoms with Gasteiger partial charge in [-0.1, -0.05) is 6.07 Å². The molecule has 0 atom stereocenters. The van der Waals surface area contributed by atoms with Crippen molar-refractivity contribution in [2.24, 2.45) is 0 Å². The topological polar surface area (TPSA) is 105 Å². The van der Waals surface area contributed by atoms with Crippen molar-refractivity contribution in [1.29, 1.82) is 0 Å². The van der Waals surface area contributed by atoms with Gasteiger partial charge >= 0.3 is 18.1 Å². The molecule has 0 unspecified atom stereocenters. The SMILES string of the molecule is O=C(O)c1n[nH]nc1C(=O)Oc1cccc(C(F)(F)F)c1. The Morgan fingerprint density at radius 2 is 1.86 bits per heavy atom. The Morgan fingerprint density at radius 1 is 1.19 bits per heavy atom. The van der Waals surface area contributed by atoms with Crippen LogP contribution in [0.2, 0.25) is 0 Å². The molecule has 0 saturated heterocycles. The molecule has 2 aromatic rings. The summed E-state index contributed by atoms with van der Waals surface area (Å²) in [6, 6.07) is 3.58. The van der Waals surface area contributed by atoms with E-state index in [1.54, 1.807) is 0 Å². The van der Waals surface area contributed by atoms with Gasteiger partial charge in [0.15, 0.2) is 0 Å². The second kappa shape index (κ2) is 5.23. The van der Waals surface area contributed by atoms with Gasteiger partial charge in [0.25, 0.3) is 0 Å². The number of carbonyl (C=O) groups is 2. The number of nitrogens with one attached hydrogen (secondary N) is 1. The second-order valence-corrected chi connectivity index (χ2v) is 3.74. The van der Waals surface area contributed by atoms with Crippen LogP contribution in [0, 0.1) is 0 Å². The molecule has 2 rings (SSSR count). The number of carboxylic acids is 1. The van der Waals surface area contributed by atoms with E-state index in [0.717, 1.165) is 18.2 Å². The summed E-state index contributed by atoms with van der Waals surface area (Å²) in [7, 11) is 0. The molecule has 110 valence electrons. The van der Waals surface area contributed by atoms with Crippen LogP contribution < -0.4 is 4.74 Å². The number of carbonyl (C=O) groups excluding carboxylic acids is 1. The van der Waals surface area contributed by atoms with E-state index >= 15 is 0 Å². The second-order valence-electron chi connectivity index (χ2n) is 3.74. The molecule has 7 nitrogen and oxygen atoms in total. The van der Waals surface area contributed by atoms with Gasteiger partial charge in [-0.3, -0.25) is 0 Å². The number of hydrogen-bond acceptors (Lipinski definition) is 5. The first-order chi connectivity index (χ1) is 9.79. The number of aromatic amines is 1. The standard InChI is InChI=1S/C11H6F3N3O4/c12-11(13,14)5-2-1-3-6(4-5)21-10(20)8-7(9(18)19)15-17-16-8/h1-4H,(H,18,19)(H,15,16,17). The number of aromatic carboxylic acids is 1. The number of rotatable bonds is 3. The first-order valence-corrected chi connectivity index (χ1v) is 5.32. The van der Waals surface area contributed by atoms with Crippen molar-refractivity contribution < 1.29 is 32.6 Å². The van der Waals surface area contributed by atoms with E-state index in [9.17, 15) is 22.8 Å². The van der Waals surface area contributed by atoms with Crippen molar-refractivity contribution in [2.45, 2.75) is 6.18 Å². The van der Waals surface area contributed by atoms with Gasteiger partial charge in [-0.05, 0) is 18.2 Å². The lowest BCUT2D eigenvalue weighted by Gasteiger charge is -2.08. The van der Waals surface area contributed by atoms with Crippen molar-refractivity contribution in [3.05, 3.63) is 41.2 Å². The number of benzene rings is 1. The minimum atomic E-state index is -4.59. The van der Waals surface area contributed by atoms with Gasteiger partial charge in [-0.25, -0.2) is 9.59 Å². The summed E-state index contributed by atoms with van der Waals surface area (Å²) in [5, 5.41) is 17.2. The maximum atomic E-state index is 12.5. The zero-order chi connectivity index (χ0) is 15.6. The average molecular weight is 301 g/mol. The zero-order valence-electron chi connectivity index (χ0n) is 10.0. The minimum absolute atomic E-state index is 0.394. The van der Waals surface area contributed by atoms with Gasteiger partial charge in [0.05, 0.1) is 5.56 Å². The van der Waals surface area contributed by atoms with Crippen molar-refractivity contribution in [3.8, 4) is 5.75 Å². The largest absolute Gasteiger partial charge is 0.476 e. The van der Waals surface area contributed by atoms with Gasteiger partial charge in [0.2, 0.25) is 11.4 Å². The van der Waals surface area contributed by atoms with Crippen LogP contribution in [0.1, 0.15) is 26.5 Å². The summed E-state index contributed by atoms with van der Waals surface area (Å²) in [6.07, 6.45) is -4.59. The maximum Gasteiger partial charge on any atom is 0.416 e. The summed E-state index contributed by atoms with van der Waals surface area (Å²) < 4.78 is 42.2. The fourth-order valence-corrected chi connectivity index (χ4v) is 1.41. The Balaban J connectivity index is 2.24. The third-order valence-electron chi connectivity index (χ3n) is 2.32. The van der Waals surface area contributed by atoms with Crippen LogP contribution in [-0.2, 0) is 6.18 Å². The molecule has 0 spiro atoms. The molecule has 0 radical (unpaired) electrons. The summed E-state index contributed by atoms with van der Waals surface area (Å²) in [6.45, 7) is 0. The molecular weight excluding hydrogens is 295 g/mol. The van der Waals surface area contributed by atoms with Crippen LogP contribution in [0.4, 0.5) is 13.2 Å². The molecule has 1 aromatic heterocycles. The summed E-state index contributed by atoms with van der Waals surface area (Å²) in [5.41, 5.74) is -2.33. The molecule has 10 heteroatoms. The first-order valence-electron chi connectivity index (χ1n) is 5.32. The third-order valence-corrected chi connectivity index (χ3v) is 2.32. The molecule has 0 fully saturated rings. The summed E-state index contributed by atoms with van der Waals surface area (Å²) in [4.78, 5) is 22.4. The van der Waals surface area contributed by atoms with Crippen molar-refractivity contribution in [2.75, 3.05) is 0 Å². The maximum absolute atomic E-state index is 12.5. The molecule has 0 aliphatic carbocycles. The Labute approximate surface area is 114 Å². The van der Waals surface area contributed by atoms with Gasteiger partial charge in [0, 0.05) is 0 Å². The summed E-state index contributed by atoms with van der Waals surface area (Å²) in [5.74, 6) is -3.16. The van der Waals surface area contributed by atoms with Crippen LogP contribution in [-0.4, -0.2) is 32.5 Å². The van der Waals surface area contributed by atoms with Crippen molar-refractivity contribution in [1.82, 2.24) is 15.4 Å². The van der Waals surface area contributed by atoms with E-state index in [1.165, 1.54) is 0 Å². The van der Waals surface area contributed by atoms with Gasteiger partial charge in [-0.2, -0.15) is 18.4 Å². The molecule has 0 aliphatic rings. The minimum Gasteiger partial charge on any atom is -0.476 e. The number of aromatic nitrogens is 3. The number of esters is 1. The van der Waals surface area contributed by atoms with Crippen molar-refractivity contribution >= 4 is 11.9 Å². The Bertz CT molecular complexity index is 696. The van der Waals surface area contributed by atoms with E-state index in [2.05, 4.69) is 14.9 Å². The molecule has 2 N–H and O–H groups in total. The fourth-order valence-electron chi connectivity index (χ4n) is 1.41. The molecule has 1 aromatic carbocycles. The van der Waals surface area contributed by atoms with Crippen LogP contribution >= 0.6 is 0 Å². The highest BCUT2D eigenvalue weighted by Crippen LogP contribution is 2.31. The lowest BCUT2D eigenvalue weighted by molar-refractivity contribution is -0.137.